The predicted octanol–water partition coefficient (Wildman–Crippen LogP) is 4.35. The SMILES string of the molecule is CC(C)CC(C[C@H](O)C(CC1CCCCC1)NC(=O)OC(C)(C)C)C(=O)O. The van der Waals surface area contributed by atoms with Crippen LogP contribution in [-0.2, 0) is 9.53 Å². The number of carboxylic acids is 1. The van der Waals surface area contributed by atoms with Gasteiger partial charge in [0.25, 0.3) is 0 Å². The van der Waals surface area contributed by atoms with Crippen LogP contribution in [0.15, 0.2) is 0 Å². The zero-order chi connectivity index (χ0) is 20.6. The molecule has 3 atom stereocenters. The summed E-state index contributed by atoms with van der Waals surface area (Å²) in [6.45, 7) is 9.33. The second kappa shape index (κ2) is 10.9. The van der Waals surface area contributed by atoms with Crippen molar-refractivity contribution in [2.45, 2.75) is 104 Å². The highest BCUT2D eigenvalue weighted by Gasteiger charge is 2.31. The van der Waals surface area contributed by atoms with Crippen LogP contribution in [0.1, 0.15) is 86.0 Å². The van der Waals surface area contributed by atoms with E-state index in [2.05, 4.69) is 5.32 Å². The molecule has 0 aromatic heterocycles. The number of alkyl carbamates (subject to hydrolysis) is 1. The number of aliphatic carboxylic acids is 1. The predicted molar refractivity (Wildman–Crippen MR) is 106 cm³/mol. The van der Waals surface area contributed by atoms with E-state index in [1.165, 1.54) is 19.3 Å². The van der Waals surface area contributed by atoms with Crippen LogP contribution in [0.5, 0.6) is 0 Å². The van der Waals surface area contributed by atoms with Crippen molar-refractivity contribution in [3.8, 4) is 0 Å². The third-order valence-corrected chi connectivity index (χ3v) is 5.11. The Balaban J connectivity index is 2.79. The number of ether oxygens (including phenoxy) is 1. The lowest BCUT2D eigenvalue weighted by atomic mass is 9.82. The van der Waals surface area contributed by atoms with Crippen LogP contribution in [0.4, 0.5) is 4.79 Å². The maximum atomic E-state index is 12.3. The van der Waals surface area contributed by atoms with E-state index in [-0.39, 0.29) is 12.3 Å². The Morgan fingerprint density at radius 1 is 1.11 bits per heavy atom. The molecule has 0 heterocycles. The van der Waals surface area contributed by atoms with Crippen molar-refractivity contribution in [1.29, 1.82) is 0 Å². The summed E-state index contributed by atoms with van der Waals surface area (Å²) in [6.07, 6.45) is 5.61. The molecular formula is C21H39NO5. The lowest BCUT2D eigenvalue weighted by Gasteiger charge is -2.32. The number of aliphatic hydroxyl groups excluding tert-OH is 1. The van der Waals surface area contributed by atoms with Crippen molar-refractivity contribution in [2.24, 2.45) is 17.8 Å². The van der Waals surface area contributed by atoms with Gasteiger partial charge in [-0.3, -0.25) is 4.79 Å². The van der Waals surface area contributed by atoms with E-state index in [9.17, 15) is 19.8 Å². The molecule has 0 aromatic carbocycles. The van der Waals surface area contributed by atoms with Crippen molar-refractivity contribution in [3.63, 3.8) is 0 Å². The number of carbonyl (C=O) groups is 2. The van der Waals surface area contributed by atoms with E-state index in [4.69, 9.17) is 4.74 Å². The average Bonchev–Trinajstić information content (AvgIpc) is 2.52. The molecule has 2 unspecified atom stereocenters. The number of nitrogens with one attached hydrogen (secondary N) is 1. The van der Waals surface area contributed by atoms with Crippen molar-refractivity contribution >= 4 is 12.1 Å². The largest absolute Gasteiger partial charge is 0.481 e. The molecule has 1 fully saturated rings. The van der Waals surface area contributed by atoms with Crippen LogP contribution < -0.4 is 5.32 Å². The van der Waals surface area contributed by atoms with E-state index in [0.29, 0.717) is 18.8 Å². The number of rotatable bonds is 9. The Morgan fingerprint density at radius 3 is 2.19 bits per heavy atom. The first-order valence-corrected chi connectivity index (χ1v) is 10.4. The first-order chi connectivity index (χ1) is 12.5. The summed E-state index contributed by atoms with van der Waals surface area (Å²) >= 11 is 0. The van der Waals surface area contributed by atoms with Gasteiger partial charge in [-0.15, -0.1) is 0 Å². The molecule has 0 spiro atoms. The summed E-state index contributed by atoms with van der Waals surface area (Å²) in [4.78, 5) is 23.8. The minimum Gasteiger partial charge on any atom is -0.481 e. The fraction of sp³-hybridized carbons (Fsp3) is 0.905. The summed E-state index contributed by atoms with van der Waals surface area (Å²) < 4.78 is 5.35. The van der Waals surface area contributed by atoms with E-state index in [0.717, 1.165) is 12.8 Å². The van der Waals surface area contributed by atoms with Gasteiger partial charge in [0.05, 0.1) is 18.1 Å². The second-order valence-corrected chi connectivity index (χ2v) is 9.46. The van der Waals surface area contributed by atoms with Gasteiger partial charge in [0.15, 0.2) is 0 Å². The molecule has 3 N–H and O–H groups in total. The van der Waals surface area contributed by atoms with Crippen molar-refractivity contribution in [2.75, 3.05) is 0 Å². The highest BCUT2D eigenvalue weighted by molar-refractivity contribution is 5.70. The van der Waals surface area contributed by atoms with E-state index in [1.807, 2.05) is 13.8 Å². The van der Waals surface area contributed by atoms with Crippen LogP contribution in [0.25, 0.3) is 0 Å². The number of hydrogen-bond acceptors (Lipinski definition) is 4. The molecule has 158 valence electrons. The van der Waals surface area contributed by atoms with Crippen LogP contribution >= 0.6 is 0 Å². The molecular weight excluding hydrogens is 346 g/mol. The van der Waals surface area contributed by atoms with Gasteiger partial charge >= 0.3 is 12.1 Å². The van der Waals surface area contributed by atoms with Crippen LogP contribution in [-0.4, -0.2) is 40.0 Å². The van der Waals surface area contributed by atoms with Gasteiger partial charge in [0, 0.05) is 0 Å². The summed E-state index contributed by atoms with van der Waals surface area (Å²) in [5.41, 5.74) is -0.619. The maximum Gasteiger partial charge on any atom is 0.407 e. The molecule has 0 bridgehead atoms. The molecule has 1 rings (SSSR count). The van der Waals surface area contributed by atoms with Gasteiger partial charge in [-0.2, -0.15) is 0 Å². The molecule has 1 amide bonds. The average molecular weight is 386 g/mol. The van der Waals surface area contributed by atoms with Gasteiger partial charge < -0.3 is 20.3 Å². The van der Waals surface area contributed by atoms with Gasteiger partial charge in [-0.25, -0.2) is 4.79 Å². The van der Waals surface area contributed by atoms with E-state index < -0.39 is 35.7 Å². The number of carbonyl (C=O) groups excluding carboxylic acids is 1. The zero-order valence-electron chi connectivity index (χ0n) is 17.7. The van der Waals surface area contributed by atoms with Gasteiger partial charge in [0.1, 0.15) is 5.60 Å². The van der Waals surface area contributed by atoms with Crippen LogP contribution in [0, 0.1) is 17.8 Å². The molecule has 6 nitrogen and oxygen atoms in total. The molecule has 0 radical (unpaired) electrons. The first-order valence-electron chi connectivity index (χ1n) is 10.4. The second-order valence-electron chi connectivity index (χ2n) is 9.46. The minimum absolute atomic E-state index is 0.140. The summed E-state index contributed by atoms with van der Waals surface area (Å²) in [7, 11) is 0. The summed E-state index contributed by atoms with van der Waals surface area (Å²) in [5.74, 6) is -0.832. The fourth-order valence-corrected chi connectivity index (χ4v) is 3.88. The third kappa shape index (κ3) is 9.99. The quantitative estimate of drug-likeness (QED) is 0.548. The third-order valence-electron chi connectivity index (χ3n) is 5.11. The van der Waals surface area contributed by atoms with Gasteiger partial charge in [0.2, 0.25) is 0 Å². The smallest absolute Gasteiger partial charge is 0.407 e. The lowest BCUT2D eigenvalue weighted by molar-refractivity contribution is -0.143. The topological polar surface area (TPSA) is 95.9 Å². The number of amides is 1. The Kier molecular flexibility index (Phi) is 9.57. The van der Waals surface area contributed by atoms with E-state index >= 15 is 0 Å². The normalized spacial score (nSPS) is 19.4. The van der Waals surface area contributed by atoms with Crippen molar-refractivity contribution in [3.05, 3.63) is 0 Å². The Hall–Kier alpha value is -1.30. The Labute approximate surface area is 164 Å². The van der Waals surface area contributed by atoms with Crippen LogP contribution in [0.2, 0.25) is 0 Å². The summed E-state index contributed by atoms with van der Waals surface area (Å²) in [5, 5.41) is 23.1. The molecule has 1 saturated carbocycles. The highest BCUT2D eigenvalue weighted by Crippen LogP contribution is 2.29. The molecule has 27 heavy (non-hydrogen) atoms. The molecule has 1 aliphatic carbocycles. The minimum atomic E-state index is -0.903. The molecule has 0 aliphatic heterocycles. The van der Waals surface area contributed by atoms with Crippen LogP contribution in [0.3, 0.4) is 0 Å². The summed E-state index contributed by atoms with van der Waals surface area (Å²) in [6, 6.07) is -0.489. The number of aliphatic hydroxyl groups is 1. The molecule has 1 aliphatic rings. The number of carboxylic acid groups (broad SMARTS) is 1. The van der Waals surface area contributed by atoms with Crippen molar-refractivity contribution < 1.29 is 24.5 Å². The lowest BCUT2D eigenvalue weighted by Crippen LogP contribution is -2.47. The zero-order valence-corrected chi connectivity index (χ0v) is 17.7. The highest BCUT2D eigenvalue weighted by atomic mass is 16.6. The van der Waals surface area contributed by atoms with Gasteiger partial charge in [-0.05, 0) is 51.9 Å². The van der Waals surface area contributed by atoms with Crippen molar-refractivity contribution in [1.82, 2.24) is 5.32 Å². The molecule has 0 saturated heterocycles. The fourth-order valence-electron chi connectivity index (χ4n) is 3.88. The molecule has 6 heteroatoms. The standard InChI is InChI=1S/C21H39NO5/c1-14(2)11-16(19(24)25)13-18(23)17(12-15-9-7-6-8-10-15)22-20(26)27-21(3,4)5/h14-18,23H,6-13H2,1-5H3,(H,22,26)(H,24,25)/t16?,17?,18-/m0/s1. The first kappa shape index (κ1) is 23.7. The van der Waals surface area contributed by atoms with Gasteiger partial charge in [-0.1, -0.05) is 46.0 Å². The number of hydrogen-bond donors (Lipinski definition) is 3. The molecule has 0 aromatic rings. The Morgan fingerprint density at radius 2 is 1.70 bits per heavy atom. The Bertz CT molecular complexity index is 466. The monoisotopic (exact) mass is 385 g/mol. The maximum absolute atomic E-state index is 12.3. The van der Waals surface area contributed by atoms with E-state index in [1.54, 1.807) is 20.8 Å².